The molecule has 3 aromatic rings. The zero-order valence-corrected chi connectivity index (χ0v) is 18.1. The van der Waals surface area contributed by atoms with E-state index in [-0.39, 0.29) is 22.4 Å². The molecule has 0 spiro atoms. The van der Waals surface area contributed by atoms with E-state index in [1.54, 1.807) is 16.9 Å². The second-order valence-electron chi connectivity index (χ2n) is 7.84. The molecule has 10 nitrogen and oxygen atoms in total. The fourth-order valence-corrected chi connectivity index (χ4v) is 3.50. The molecule has 11 heteroatoms. The number of anilines is 1. The van der Waals surface area contributed by atoms with Gasteiger partial charge in [0.1, 0.15) is 5.02 Å². The first-order chi connectivity index (χ1) is 15.2. The van der Waals surface area contributed by atoms with Crippen molar-refractivity contribution in [3.8, 4) is 0 Å². The van der Waals surface area contributed by atoms with Gasteiger partial charge in [-0.15, -0.1) is 0 Å². The minimum absolute atomic E-state index is 0.0467. The molecule has 0 bridgehead atoms. The third-order valence-electron chi connectivity index (χ3n) is 5.05. The molecule has 166 valence electrons. The maximum atomic E-state index is 12.8. The minimum Gasteiger partial charge on any atom is -0.452 e. The summed E-state index contributed by atoms with van der Waals surface area (Å²) >= 11 is 5.77. The number of pyridine rings is 1. The third-order valence-corrected chi connectivity index (χ3v) is 5.37. The molecule has 1 aliphatic rings. The highest BCUT2D eigenvalue weighted by molar-refractivity contribution is 6.32. The van der Waals surface area contributed by atoms with Crippen LogP contribution >= 0.6 is 11.6 Å². The van der Waals surface area contributed by atoms with Crippen LogP contribution in [-0.4, -0.2) is 38.2 Å². The van der Waals surface area contributed by atoms with Gasteiger partial charge < -0.3 is 10.1 Å². The van der Waals surface area contributed by atoms with E-state index in [1.165, 1.54) is 12.1 Å². The van der Waals surface area contributed by atoms with Crippen molar-refractivity contribution < 1.29 is 19.2 Å². The van der Waals surface area contributed by atoms with Crippen LogP contribution in [-0.2, 0) is 9.53 Å². The molecule has 1 N–H and O–H groups in total. The van der Waals surface area contributed by atoms with Gasteiger partial charge in [-0.3, -0.25) is 14.9 Å². The molecule has 0 aliphatic heterocycles. The number of hydrogen-bond acceptors (Lipinski definition) is 7. The average Bonchev–Trinajstić information content (AvgIpc) is 3.51. The number of ether oxygens (including phenoxy) is 1. The molecular formula is C21H20ClN5O5. The smallest absolute Gasteiger partial charge is 0.339 e. The van der Waals surface area contributed by atoms with Gasteiger partial charge in [-0.05, 0) is 44.9 Å². The number of amides is 1. The summed E-state index contributed by atoms with van der Waals surface area (Å²) in [5.41, 5.74) is 1.55. The molecule has 4 rings (SSSR count). The number of nitro groups is 1. The molecule has 0 unspecified atom stereocenters. The van der Waals surface area contributed by atoms with Gasteiger partial charge in [-0.2, -0.15) is 5.10 Å². The van der Waals surface area contributed by atoms with Crippen molar-refractivity contribution in [3.05, 3.63) is 56.9 Å². The Hall–Kier alpha value is -3.53. The zero-order chi connectivity index (χ0) is 23.0. The summed E-state index contributed by atoms with van der Waals surface area (Å²) < 4.78 is 6.97. The van der Waals surface area contributed by atoms with E-state index in [0.29, 0.717) is 22.5 Å². The molecule has 1 amide bonds. The number of halogens is 1. The van der Waals surface area contributed by atoms with Crippen LogP contribution in [0.5, 0.6) is 0 Å². The number of aromatic nitrogens is 3. The number of carbonyl (C=O) groups excluding carboxylic acids is 2. The van der Waals surface area contributed by atoms with Gasteiger partial charge in [-0.25, -0.2) is 14.5 Å². The standard InChI is InChI=1S/C21H20ClN5O5/c1-11(2)26-20-15(9-23-26)14(8-17(25-20)12-3-4-12)21(29)32-10-19(28)24-13-5-6-16(22)18(7-13)27(30)31/h5-9,11-12H,3-4,10H2,1-2H3,(H,24,28). The van der Waals surface area contributed by atoms with Gasteiger partial charge in [0.25, 0.3) is 11.6 Å². The van der Waals surface area contributed by atoms with Crippen molar-refractivity contribution in [2.75, 3.05) is 11.9 Å². The van der Waals surface area contributed by atoms with Crippen LogP contribution < -0.4 is 5.32 Å². The van der Waals surface area contributed by atoms with Gasteiger partial charge >= 0.3 is 5.97 Å². The normalized spacial score (nSPS) is 13.4. The van der Waals surface area contributed by atoms with Crippen molar-refractivity contribution in [3.63, 3.8) is 0 Å². The summed E-state index contributed by atoms with van der Waals surface area (Å²) in [5, 5.41) is 18.3. The Kier molecular flexibility index (Phi) is 5.79. The first-order valence-corrected chi connectivity index (χ1v) is 10.4. The molecule has 0 atom stereocenters. The quantitative estimate of drug-likeness (QED) is 0.319. The van der Waals surface area contributed by atoms with Crippen molar-refractivity contribution in [2.45, 2.75) is 38.6 Å². The van der Waals surface area contributed by atoms with Gasteiger partial charge in [0.2, 0.25) is 0 Å². The monoisotopic (exact) mass is 457 g/mol. The van der Waals surface area contributed by atoms with E-state index in [9.17, 15) is 19.7 Å². The Morgan fingerprint density at radius 3 is 2.75 bits per heavy atom. The zero-order valence-electron chi connectivity index (χ0n) is 17.4. The number of nitrogens with zero attached hydrogens (tertiary/aromatic N) is 4. The largest absolute Gasteiger partial charge is 0.452 e. The highest BCUT2D eigenvalue weighted by Crippen LogP contribution is 2.40. The molecule has 1 aromatic carbocycles. The average molecular weight is 458 g/mol. The fraction of sp³-hybridized carbons (Fsp3) is 0.333. The van der Waals surface area contributed by atoms with E-state index in [0.717, 1.165) is 24.6 Å². The van der Waals surface area contributed by atoms with Crippen molar-refractivity contribution in [1.82, 2.24) is 14.8 Å². The lowest BCUT2D eigenvalue weighted by Gasteiger charge is -2.10. The number of benzene rings is 1. The molecule has 0 radical (unpaired) electrons. The van der Waals surface area contributed by atoms with Gasteiger partial charge in [-0.1, -0.05) is 11.6 Å². The topological polar surface area (TPSA) is 129 Å². The van der Waals surface area contributed by atoms with E-state index < -0.39 is 23.4 Å². The van der Waals surface area contributed by atoms with E-state index >= 15 is 0 Å². The number of fused-ring (bicyclic) bond motifs is 1. The summed E-state index contributed by atoms with van der Waals surface area (Å²) in [4.78, 5) is 40.1. The van der Waals surface area contributed by atoms with Crippen molar-refractivity contribution >= 4 is 45.9 Å². The summed E-state index contributed by atoms with van der Waals surface area (Å²) in [5.74, 6) is -0.995. The summed E-state index contributed by atoms with van der Waals surface area (Å²) in [6.45, 7) is 3.39. The highest BCUT2D eigenvalue weighted by atomic mass is 35.5. The predicted molar refractivity (Wildman–Crippen MR) is 117 cm³/mol. The molecule has 2 aromatic heterocycles. The lowest BCUT2D eigenvalue weighted by Crippen LogP contribution is -2.21. The lowest BCUT2D eigenvalue weighted by molar-refractivity contribution is -0.384. The Morgan fingerprint density at radius 1 is 1.34 bits per heavy atom. The number of nitro benzene ring substituents is 1. The minimum atomic E-state index is -0.667. The number of rotatable bonds is 7. The maximum absolute atomic E-state index is 12.8. The maximum Gasteiger partial charge on any atom is 0.339 e. The molecule has 1 saturated carbocycles. The Morgan fingerprint density at radius 2 is 2.09 bits per heavy atom. The van der Waals surface area contributed by atoms with E-state index in [2.05, 4.69) is 15.4 Å². The van der Waals surface area contributed by atoms with Crippen molar-refractivity contribution in [2.24, 2.45) is 0 Å². The fourth-order valence-electron chi connectivity index (χ4n) is 3.31. The summed E-state index contributed by atoms with van der Waals surface area (Å²) in [7, 11) is 0. The predicted octanol–water partition coefficient (Wildman–Crippen LogP) is 4.25. The Balaban J connectivity index is 1.50. The van der Waals surface area contributed by atoms with Crippen LogP contribution in [0, 0.1) is 10.1 Å². The second-order valence-corrected chi connectivity index (χ2v) is 8.24. The summed E-state index contributed by atoms with van der Waals surface area (Å²) in [6.07, 6.45) is 3.60. The van der Waals surface area contributed by atoms with Crippen LogP contribution in [0.25, 0.3) is 11.0 Å². The highest BCUT2D eigenvalue weighted by Gasteiger charge is 2.28. The third kappa shape index (κ3) is 4.40. The number of esters is 1. The van der Waals surface area contributed by atoms with Crippen LogP contribution in [0.4, 0.5) is 11.4 Å². The molecule has 32 heavy (non-hydrogen) atoms. The number of carbonyl (C=O) groups is 2. The Bertz CT molecular complexity index is 1230. The Labute approximate surface area is 187 Å². The van der Waals surface area contributed by atoms with Gasteiger partial charge in [0.15, 0.2) is 12.3 Å². The van der Waals surface area contributed by atoms with Crippen LogP contribution in [0.3, 0.4) is 0 Å². The van der Waals surface area contributed by atoms with Gasteiger partial charge in [0.05, 0.1) is 22.1 Å². The second kappa shape index (κ2) is 8.54. The van der Waals surface area contributed by atoms with Gasteiger partial charge in [0, 0.05) is 29.4 Å². The number of hydrogen-bond donors (Lipinski definition) is 1. The van der Waals surface area contributed by atoms with Crippen molar-refractivity contribution in [1.29, 1.82) is 0 Å². The molecule has 1 aliphatic carbocycles. The van der Waals surface area contributed by atoms with Crippen LogP contribution in [0.2, 0.25) is 5.02 Å². The van der Waals surface area contributed by atoms with E-state index in [1.807, 2.05) is 13.8 Å². The molecule has 2 heterocycles. The lowest BCUT2D eigenvalue weighted by atomic mass is 10.1. The first kappa shape index (κ1) is 21.7. The van der Waals surface area contributed by atoms with E-state index in [4.69, 9.17) is 16.3 Å². The SMILES string of the molecule is CC(C)n1ncc2c(C(=O)OCC(=O)Nc3ccc(Cl)c([N+](=O)[O-])c3)cc(C3CC3)nc21. The first-order valence-electron chi connectivity index (χ1n) is 10.0. The molecule has 1 fully saturated rings. The molecular weight excluding hydrogens is 438 g/mol. The van der Waals surface area contributed by atoms with Crippen LogP contribution in [0.1, 0.15) is 54.7 Å². The molecule has 0 saturated heterocycles. The summed E-state index contributed by atoms with van der Waals surface area (Å²) in [6, 6.07) is 5.63. The number of nitrogens with one attached hydrogen (secondary N) is 1. The van der Waals surface area contributed by atoms with Crippen LogP contribution in [0.15, 0.2) is 30.5 Å².